The number of sulfonamides is 1. The number of ether oxygens (including phenoxy) is 1. The highest BCUT2D eigenvalue weighted by Gasteiger charge is 2.32. The van der Waals surface area contributed by atoms with Crippen molar-refractivity contribution in [2.45, 2.75) is 31.7 Å². The molecule has 2 aliphatic rings. The number of rotatable bonds is 6. The number of amides is 1. The lowest BCUT2D eigenvalue weighted by molar-refractivity contribution is -0.131. The van der Waals surface area contributed by atoms with Crippen LogP contribution < -0.4 is 4.90 Å². The number of aromatic nitrogens is 2. The molecule has 1 amide bonds. The minimum absolute atomic E-state index is 0.0201. The van der Waals surface area contributed by atoms with E-state index >= 15 is 0 Å². The van der Waals surface area contributed by atoms with Crippen molar-refractivity contribution in [1.29, 1.82) is 0 Å². The quantitative estimate of drug-likeness (QED) is 0.623. The molecule has 0 radical (unpaired) electrons. The van der Waals surface area contributed by atoms with Gasteiger partial charge in [-0.3, -0.25) is 9.48 Å². The van der Waals surface area contributed by atoms with Gasteiger partial charge in [-0.05, 0) is 26.0 Å². The fourth-order valence-corrected chi connectivity index (χ4v) is 6.23. The second-order valence-electron chi connectivity index (χ2n) is 8.31. The number of hydrogen-bond donors (Lipinski definition) is 0. The summed E-state index contributed by atoms with van der Waals surface area (Å²) in [5.41, 5.74) is 1.53. The van der Waals surface area contributed by atoms with Crippen LogP contribution in [0, 0.1) is 19.7 Å². The molecule has 11 heteroatoms. The van der Waals surface area contributed by atoms with Crippen LogP contribution in [0.15, 0.2) is 29.2 Å². The van der Waals surface area contributed by atoms with E-state index < -0.39 is 10.0 Å². The predicted octanol–water partition coefficient (Wildman–Crippen LogP) is 1.40. The molecule has 0 N–H and O–H groups in total. The number of piperazine rings is 1. The summed E-state index contributed by atoms with van der Waals surface area (Å²) in [5, 5.41) is 4.41. The smallest absolute Gasteiger partial charge is 0.246 e. The van der Waals surface area contributed by atoms with Gasteiger partial charge in [0, 0.05) is 45.7 Å². The first-order chi connectivity index (χ1) is 15.8. The van der Waals surface area contributed by atoms with Crippen LogP contribution in [0.3, 0.4) is 0 Å². The molecule has 0 unspecified atom stereocenters. The minimum atomic E-state index is -3.66. The molecule has 2 saturated heterocycles. The third-order valence-corrected chi connectivity index (χ3v) is 8.40. The standard InChI is InChI=1S/C22H30FN5O4S/c1-17-22(33(30,31)27-13-15-32-16-14-27)18(2)28(24-17)8-7-21(29)26-11-9-25(10-12-26)20-6-4-3-5-19(20)23/h3-6H,7-16H2,1-2H3. The zero-order chi connectivity index (χ0) is 23.6. The van der Waals surface area contributed by atoms with Crippen molar-refractivity contribution in [3.63, 3.8) is 0 Å². The molecule has 9 nitrogen and oxygen atoms in total. The van der Waals surface area contributed by atoms with Gasteiger partial charge < -0.3 is 14.5 Å². The molecule has 1 aromatic carbocycles. The number of carbonyl (C=O) groups excluding carboxylic acids is 1. The van der Waals surface area contributed by atoms with Gasteiger partial charge in [0.1, 0.15) is 10.7 Å². The Morgan fingerprint density at radius 3 is 2.39 bits per heavy atom. The molecule has 1 aromatic heterocycles. The van der Waals surface area contributed by atoms with Gasteiger partial charge in [0.2, 0.25) is 15.9 Å². The van der Waals surface area contributed by atoms with Gasteiger partial charge in [-0.25, -0.2) is 12.8 Å². The summed E-state index contributed by atoms with van der Waals surface area (Å²) in [4.78, 5) is 16.7. The second kappa shape index (κ2) is 9.78. The van der Waals surface area contributed by atoms with E-state index in [-0.39, 0.29) is 23.0 Å². The van der Waals surface area contributed by atoms with Crippen LogP contribution in [0.25, 0.3) is 0 Å². The molecule has 3 heterocycles. The number of para-hydroxylation sites is 1. The van der Waals surface area contributed by atoms with E-state index in [9.17, 15) is 17.6 Å². The van der Waals surface area contributed by atoms with E-state index in [0.29, 0.717) is 76.1 Å². The third-order valence-electron chi connectivity index (χ3n) is 6.25. The Balaban J connectivity index is 1.36. The highest BCUT2D eigenvalue weighted by Crippen LogP contribution is 2.25. The van der Waals surface area contributed by atoms with Gasteiger partial charge in [0.15, 0.2) is 0 Å². The van der Waals surface area contributed by atoms with Crippen LogP contribution in [0.4, 0.5) is 10.1 Å². The number of hydrogen-bond acceptors (Lipinski definition) is 6. The van der Waals surface area contributed by atoms with Crippen LogP contribution in [-0.4, -0.2) is 85.8 Å². The molecule has 0 atom stereocenters. The average molecular weight is 480 g/mol. The molecule has 33 heavy (non-hydrogen) atoms. The van der Waals surface area contributed by atoms with E-state index in [4.69, 9.17) is 4.74 Å². The molecule has 4 rings (SSSR count). The van der Waals surface area contributed by atoms with E-state index in [2.05, 4.69) is 5.10 Å². The normalized spacial score (nSPS) is 18.0. The molecule has 0 saturated carbocycles. The van der Waals surface area contributed by atoms with Crippen molar-refractivity contribution in [3.8, 4) is 0 Å². The number of benzene rings is 1. The third kappa shape index (κ3) is 4.90. The number of anilines is 1. The maximum atomic E-state index is 14.0. The molecule has 2 fully saturated rings. The van der Waals surface area contributed by atoms with Crippen LogP contribution >= 0.6 is 0 Å². The number of morpholine rings is 1. The van der Waals surface area contributed by atoms with Gasteiger partial charge in [0.05, 0.1) is 36.8 Å². The van der Waals surface area contributed by atoms with E-state index in [1.54, 1.807) is 41.6 Å². The minimum Gasteiger partial charge on any atom is -0.379 e. The first-order valence-corrected chi connectivity index (χ1v) is 12.6. The van der Waals surface area contributed by atoms with E-state index in [0.717, 1.165) is 0 Å². The predicted molar refractivity (Wildman–Crippen MR) is 121 cm³/mol. The average Bonchev–Trinajstić information content (AvgIpc) is 3.12. The fraction of sp³-hybridized carbons (Fsp3) is 0.545. The number of nitrogens with zero attached hydrogens (tertiary/aromatic N) is 5. The maximum absolute atomic E-state index is 14.0. The lowest BCUT2D eigenvalue weighted by Crippen LogP contribution is -2.49. The second-order valence-corrected chi connectivity index (χ2v) is 10.2. The van der Waals surface area contributed by atoms with E-state index in [1.165, 1.54) is 10.4 Å². The maximum Gasteiger partial charge on any atom is 0.246 e. The molecular weight excluding hydrogens is 449 g/mol. The summed E-state index contributed by atoms with van der Waals surface area (Å²) in [7, 11) is -3.66. The fourth-order valence-electron chi connectivity index (χ4n) is 4.45. The highest BCUT2D eigenvalue weighted by atomic mass is 32.2. The summed E-state index contributed by atoms with van der Waals surface area (Å²) in [6.45, 7) is 7.27. The Bertz CT molecular complexity index is 1110. The zero-order valence-corrected chi connectivity index (χ0v) is 19.9. The lowest BCUT2D eigenvalue weighted by atomic mass is 10.2. The largest absolute Gasteiger partial charge is 0.379 e. The molecule has 0 spiro atoms. The zero-order valence-electron chi connectivity index (χ0n) is 19.0. The van der Waals surface area contributed by atoms with Crippen molar-refractivity contribution in [3.05, 3.63) is 41.5 Å². The monoisotopic (exact) mass is 479 g/mol. The molecule has 2 aliphatic heterocycles. The summed E-state index contributed by atoms with van der Waals surface area (Å²) >= 11 is 0. The van der Waals surface area contributed by atoms with Crippen LogP contribution in [0.5, 0.6) is 0 Å². The molecule has 2 aromatic rings. The Kier molecular flexibility index (Phi) is 7.01. The summed E-state index contributed by atoms with van der Waals surface area (Å²) in [6, 6.07) is 6.65. The summed E-state index contributed by atoms with van der Waals surface area (Å²) < 4.78 is 48.6. The first kappa shape index (κ1) is 23.7. The van der Waals surface area contributed by atoms with Crippen molar-refractivity contribution >= 4 is 21.6 Å². The topological polar surface area (TPSA) is 88.0 Å². The van der Waals surface area contributed by atoms with Gasteiger partial charge >= 0.3 is 0 Å². The van der Waals surface area contributed by atoms with E-state index in [1.807, 2.05) is 4.90 Å². The number of aryl methyl sites for hydroxylation is 2. The van der Waals surface area contributed by atoms with Crippen molar-refractivity contribution in [2.75, 3.05) is 57.4 Å². The SMILES string of the molecule is Cc1nn(CCC(=O)N2CCN(c3ccccc3F)CC2)c(C)c1S(=O)(=O)N1CCOCC1. The Morgan fingerprint density at radius 2 is 1.73 bits per heavy atom. The Hall–Kier alpha value is -2.50. The van der Waals surface area contributed by atoms with Gasteiger partial charge in [0.25, 0.3) is 0 Å². The lowest BCUT2D eigenvalue weighted by Gasteiger charge is -2.36. The van der Waals surface area contributed by atoms with Gasteiger partial charge in [-0.1, -0.05) is 12.1 Å². The van der Waals surface area contributed by atoms with Gasteiger partial charge in [-0.15, -0.1) is 0 Å². The first-order valence-electron chi connectivity index (χ1n) is 11.2. The number of halogens is 1. The van der Waals surface area contributed by atoms with Crippen molar-refractivity contribution in [1.82, 2.24) is 19.0 Å². The molecule has 0 bridgehead atoms. The molecule has 180 valence electrons. The molecular formula is C22H30FN5O4S. The Labute approximate surface area is 193 Å². The highest BCUT2D eigenvalue weighted by molar-refractivity contribution is 7.89. The Morgan fingerprint density at radius 1 is 1.06 bits per heavy atom. The van der Waals surface area contributed by atoms with Gasteiger partial charge in [-0.2, -0.15) is 9.40 Å². The summed E-state index contributed by atoms with van der Waals surface area (Å²) in [6.07, 6.45) is 0.221. The molecule has 0 aliphatic carbocycles. The van der Waals surface area contributed by atoms with Crippen LogP contribution in [0.2, 0.25) is 0 Å². The van der Waals surface area contributed by atoms with Crippen LogP contribution in [0.1, 0.15) is 17.8 Å². The summed E-state index contributed by atoms with van der Waals surface area (Å²) in [5.74, 6) is -0.280. The van der Waals surface area contributed by atoms with Crippen LogP contribution in [-0.2, 0) is 26.1 Å². The van der Waals surface area contributed by atoms with Crippen molar-refractivity contribution < 1.29 is 22.3 Å². The number of carbonyl (C=O) groups is 1. The van der Waals surface area contributed by atoms with Crippen molar-refractivity contribution in [2.24, 2.45) is 0 Å².